The molecule has 2 heterocycles. The topological polar surface area (TPSA) is 89.4 Å². The Kier molecular flexibility index (Phi) is 3.57. The fourth-order valence-electron chi connectivity index (χ4n) is 2.77. The summed E-state index contributed by atoms with van der Waals surface area (Å²) >= 11 is 0. The molecular formula is C19H13FN2O4. The number of rotatable bonds is 3. The molecule has 4 rings (SSSR count). The lowest BCUT2D eigenvalue weighted by atomic mass is 10.1. The third-order valence-corrected chi connectivity index (χ3v) is 4.19. The van der Waals surface area contributed by atoms with Crippen molar-refractivity contribution in [2.75, 3.05) is 0 Å². The molecule has 0 saturated heterocycles. The van der Waals surface area contributed by atoms with E-state index < -0.39 is 17.3 Å². The highest BCUT2D eigenvalue weighted by Gasteiger charge is 2.18. The van der Waals surface area contributed by atoms with Crippen LogP contribution in [0.2, 0.25) is 0 Å². The Morgan fingerprint density at radius 3 is 2.58 bits per heavy atom. The molecule has 130 valence electrons. The summed E-state index contributed by atoms with van der Waals surface area (Å²) in [6.07, 6.45) is 0. The summed E-state index contributed by atoms with van der Waals surface area (Å²) in [7, 11) is 0. The van der Waals surface area contributed by atoms with Gasteiger partial charge in [0.15, 0.2) is 5.76 Å². The number of nitrogens with zero attached hydrogens (tertiary/aromatic N) is 2. The smallest absolute Gasteiger partial charge is 0.338 e. The van der Waals surface area contributed by atoms with Crippen LogP contribution in [0, 0.1) is 19.7 Å². The number of fused-ring (bicyclic) bond motifs is 1. The molecule has 1 N–H and O–H groups in total. The molecule has 0 bridgehead atoms. The van der Waals surface area contributed by atoms with Crippen LogP contribution in [0.3, 0.4) is 0 Å². The molecule has 2 aromatic heterocycles. The average molecular weight is 352 g/mol. The fraction of sp³-hybridized carbons (Fsp3) is 0.105. The maximum absolute atomic E-state index is 13.9. The van der Waals surface area contributed by atoms with E-state index in [-0.39, 0.29) is 11.7 Å². The number of carbonyl (C=O) groups is 1. The van der Waals surface area contributed by atoms with Gasteiger partial charge in [-0.05, 0) is 49.2 Å². The molecule has 0 unspecified atom stereocenters. The Bertz CT molecular complexity index is 1120. The molecule has 6 nitrogen and oxygen atoms in total. The molecule has 0 atom stereocenters. The largest absolute Gasteiger partial charge is 0.478 e. The SMILES string of the molecule is Cc1ccc(C)c2oc(-c3nc(-c4ccc(C(=O)O)c(F)c4)no3)cc12. The van der Waals surface area contributed by atoms with Crippen LogP contribution in [0.15, 0.2) is 45.3 Å². The number of halogens is 1. The summed E-state index contributed by atoms with van der Waals surface area (Å²) in [6.45, 7) is 3.92. The number of hydrogen-bond donors (Lipinski definition) is 1. The summed E-state index contributed by atoms with van der Waals surface area (Å²) in [6, 6.07) is 9.44. The van der Waals surface area contributed by atoms with Gasteiger partial charge in [-0.25, -0.2) is 9.18 Å². The van der Waals surface area contributed by atoms with E-state index in [0.717, 1.165) is 34.2 Å². The molecule has 0 aliphatic rings. The fourth-order valence-corrected chi connectivity index (χ4v) is 2.77. The van der Waals surface area contributed by atoms with Crippen molar-refractivity contribution in [1.82, 2.24) is 10.1 Å². The number of aromatic carboxylic acids is 1. The Hall–Kier alpha value is -3.48. The third-order valence-electron chi connectivity index (χ3n) is 4.19. The second-order valence-electron chi connectivity index (χ2n) is 5.98. The monoisotopic (exact) mass is 352 g/mol. The standard InChI is InChI=1S/C19H13FN2O4/c1-9-3-4-10(2)16-13(9)8-15(25-16)18-21-17(22-26-18)11-5-6-12(19(23)24)14(20)7-11/h3-8H,1-2H3,(H,23,24). The van der Waals surface area contributed by atoms with Gasteiger partial charge in [-0.2, -0.15) is 4.98 Å². The lowest BCUT2D eigenvalue weighted by Crippen LogP contribution is -2.00. The quantitative estimate of drug-likeness (QED) is 0.579. The van der Waals surface area contributed by atoms with E-state index in [0.29, 0.717) is 11.3 Å². The van der Waals surface area contributed by atoms with Crippen LogP contribution in [0.25, 0.3) is 34.0 Å². The van der Waals surface area contributed by atoms with Crippen LogP contribution in [0.4, 0.5) is 4.39 Å². The van der Waals surface area contributed by atoms with Crippen molar-refractivity contribution in [2.45, 2.75) is 13.8 Å². The van der Waals surface area contributed by atoms with Crippen LogP contribution in [-0.4, -0.2) is 21.2 Å². The maximum atomic E-state index is 13.9. The first-order chi connectivity index (χ1) is 12.4. The van der Waals surface area contributed by atoms with Crippen molar-refractivity contribution in [2.24, 2.45) is 0 Å². The zero-order chi connectivity index (χ0) is 18.4. The van der Waals surface area contributed by atoms with Gasteiger partial charge in [-0.1, -0.05) is 17.3 Å². The first kappa shape index (κ1) is 16.0. The Balaban J connectivity index is 1.75. The number of carboxylic acids is 1. The van der Waals surface area contributed by atoms with Gasteiger partial charge in [-0.3, -0.25) is 0 Å². The molecular weight excluding hydrogens is 339 g/mol. The van der Waals surface area contributed by atoms with E-state index in [1.807, 2.05) is 32.0 Å². The molecule has 7 heteroatoms. The van der Waals surface area contributed by atoms with Gasteiger partial charge in [0.25, 0.3) is 5.89 Å². The normalized spacial score (nSPS) is 11.2. The van der Waals surface area contributed by atoms with Gasteiger partial charge in [0.05, 0.1) is 5.56 Å². The van der Waals surface area contributed by atoms with E-state index in [2.05, 4.69) is 10.1 Å². The van der Waals surface area contributed by atoms with Crippen molar-refractivity contribution in [3.8, 4) is 23.0 Å². The van der Waals surface area contributed by atoms with Crippen LogP contribution in [0.5, 0.6) is 0 Å². The molecule has 0 saturated carbocycles. The van der Waals surface area contributed by atoms with Crippen LogP contribution in [-0.2, 0) is 0 Å². The van der Waals surface area contributed by atoms with Gasteiger partial charge >= 0.3 is 5.97 Å². The highest BCUT2D eigenvalue weighted by molar-refractivity contribution is 5.89. The van der Waals surface area contributed by atoms with Crippen molar-refractivity contribution in [1.29, 1.82) is 0 Å². The minimum Gasteiger partial charge on any atom is -0.478 e. The van der Waals surface area contributed by atoms with E-state index in [9.17, 15) is 9.18 Å². The van der Waals surface area contributed by atoms with Gasteiger partial charge < -0.3 is 14.0 Å². The molecule has 0 spiro atoms. The van der Waals surface area contributed by atoms with Crippen LogP contribution in [0.1, 0.15) is 21.5 Å². The van der Waals surface area contributed by atoms with E-state index in [1.54, 1.807) is 0 Å². The molecule has 0 amide bonds. The van der Waals surface area contributed by atoms with Crippen LogP contribution < -0.4 is 0 Å². The van der Waals surface area contributed by atoms with Crippen molar-refractivity contribution in [3.05, 3.63) is 58.9 Å². The minimum atomic E-state index is -1.34. The van der Waals surface area contributed by atoms with Gasteiger partial charge in [-0.15, -0.1) is 0 Å². The number of carboxylic acid groups (broad SMARTS) is 1. The highest BCUT2D eigenvalue weighted by Crippen LogP contribution is 2.32. The number of aromatic nitrogens is 2. The predicted molar refractivity (Wildman–Crippen MR) is 91.3 cm³/mol. The Morgan fingerprint density at radius 2 is 1.88 bits per heavy atom. The second-order valence-corrected chi connectivity index (χ2v) is 5.98. The Labute approximate surface area is 146 Å². The van der Waals surface area contributed by atoms with Crippen molar-refractivity contribution >= 4 is 16.9 Å². The lowest BCUT2D eigenvalue weighted by molar-refractivity contribution is 0.0692. The molecule has 2 aromatic carbocycles. The van der Waals surface area contributed by atoms with Crippen molar-refractivity contribution in [3.63, 3.8) is 0 Å². The third kappa shape index (κ3) is 2.54. The highest BCUT2D eigenvalue weighted by atomic mass is 19.1. The summed E-state index contributed by atoms with van der Waals surface area (Å²) in [5, 5.41) is 13.7. The van der Waals surface area contributed by atoms with Gasteiger partial charge in [0.1, 0.15) is 11.4 Å². The summed E-state index contributed by atoms with van der Waals surface area (Å²) in [5.41, 5.74) is 2.69. The summed E-state index contributed by atoms with van der Waals surface area (Å²) in [5.74, 6) is -1.48. The first-order valence-corrected chi connectivity index (χ1v) is 7.81. The molecule has 0 fully saturated rings. The van der Waals surface area contributed by atoms with Crippen LogP contribution >= 0.6 is 0 Å². The molecule has 26 heavy (non-hydrogen) atoms. The molecule has 0 aliphatic heterocycles. The lowest BCUT2D eigenvalue weighted by Gasteiger charge is -1.98. The number of furan rings is 1. The predicted octanol–water partition coefficient (Wildman–Crippen LogP) is 4.60. The van der Waals surface area contributed by atoms with Gasteiger partial charge in [0.2, 0.25) is 5.82 Å². The first-order valence-electron chi connectivity index (χ1n) is 7.81. The average Bonchev–Trinajstić information content (AvgIpc) is 3.25. The van der Waals surface area contributed by atoms with Gasteiger partial charge in [0, 0.05) is 10.9 Å². The zero-order valence-electron chi connectivity index (χ0n) is 13.9. The molecule has 4 aromatic rings. The van der Waals surface area contributed by atoms with E-state index in [4.69, 9.17) is 14.0 Å². The summed E-state index contributed by atoms with van der Waals surface area (Å²) < 4.78 is 24.9. The molecule has 0 aliphatic carbocycles. The molecule has 0 radical (unpaired) electrons. The van der Waals surface area contributed by atoms with E-state index >= 15 is 0 Å². The number of benzene rings is 2. The van der Waals surface area contributed by atoms with Crippen molar-refractivity contribution < 1.29 is 23.2 Å². The maximum Gasteiger partial charge on any atom is 0.338 e. The zero-order valence-corrected chi connectivity index (χ0v) is 13.9. The summed E-state index contributed by atoms with van der Waals surface area (Å²) in [4.78, 5) is 15.1. The second kappa shape index (κ2) is 5.80. The number of hydrogen-bond acceptors (Lipinski definition) is 5. The van der Waals surface area contributed by atoms with E-state index in [1.165, 1.54) is 6.07 Å². The minimum absolute atomic E-state index is 0.143. The Morgan fingerprint density at radius 1 is 1.12 bits per heavy atom. The number of aryl methyl sites for hydroxylation is 2.